The SMILES string of the molecule is CC1CS(=O)CCN1C(=O)[C@H](C)O. The maximum absolute atomic E-state index is 11.4. The van der Waals surface area contributed by atoms with Gasteiger partial charge in [0.2, 0.25) is 0 Å². The summed E-state index contributed by atoms with van der Waals surface area (Å²) in [5.74, 6) is 0.797. The Balaban J connectivity index is 2.61. The van der Waals surface area contributed by atoms with Crippen molar-refractivity contribution in [1.82, 2.24) is 4.90 Å². The van der Waals surface area contributed by atoms with Crippen molar-refractivity contribution >= 4 is 16.7 Å². The Morgan fingerprint density at radius 1 is 1.69 bits per heavy atom. The maximum Gasteiger partial charge on any atom is 0.251 e. The standard InChI is InChI=1S/C8H15NO3S/c1-6-5-13(12)4-3-9(6)8(11)7(2)10/h6-7,10H,3-5H2,1-2H3/t6?,7-,13?/m0/s1. The van der Waals surface area contributed by atoms with Crippen molar-refractivity contribution in [2.24, 2.45) is 0 Å². The van der Waals surface area contributed by atoms with Crippen molar-refractivity contribution in [3.63, 3.8) is 0 Å². The van der Waals surface area contributed by atoms with E-state index in [1.54, 1.807) is 4.90 Å². The quantitative estimate of drug-likeness (QED) is 0.618. The molecule has 1 fully saturated rings. The second-order valence-corrected chi connectivity index (χ2v) is 4.99. The molecule has 1 aliphatic rings. The average molecular weight is 205 g/mol. The maximum atomic E-state index is 11.4. The highest BCUT2D eigenvalue weighted by molar-refractivity contribution is 7.85. The fourth-order valence-electron chi connectivity index (χ4n) is 1.43. The molecule has 0 radical (unpaired) electrons. The first kappa shape index (κ1) is 10.7. The van der Waals surface area contributed by atoms with Gasteiger partial charge in [0.1, 0.15) is 6.10 Å². The van der Waals surface area contributed by atoms with Gasteiger partial charge in [0.15, 0.2) is 0 Å². The Morgan fingerprint density at radius 3 is 2.77 bits per heavy atom. The number of aliphatic hydroxyl groups is 1. The van der Waals surface area contributed by atoms with E-state index in [0.29, 0.717) is 18.1 Å². The number of nitrogens with zero attached hydrogens (tertiary/aromatic N) is 1. The fraction of sp³-hybridized carbons (Fsp3) is 0.875. The second-order valence-electron chi connectivity index (χ2n) is 3.37. The van der Waals surface area contributed by atoms with Crippen molar-refractivity contribution in [3.8, 4) is 0 Å². The molecule has 1 saturated heterocycles. The molecule has 13 heavy (non-hydrogen) atoms. The number of carbonyl (C=O) groups excluding carboxylic acids is 1. The summed E-state index contributed by atoms with van der Waals surface area (Å²) >= 11 is 0. The molecule has 1 rings (SSSR count). The van der Waals surface area contributed by atoms with Crippen LogP contribution in [-0.4, -0.2) is 50.3 Å². The van der Waals surface area contributed by atoms with E-state index in [9.17, 15) is 9.00 Å². The monoisotopic (exact) mass is 205 g/mol. The molecule has 4 nitrogen and oxygen atoms in total. The summed E-state index contributed by atoms with van der Waals surface area (Å²) in [6, 6.07) is -0.0170. The zero-order chi connectivity index (χ0) is 10.0. The predicted molar refractivity (Wildman–Crippen MR) is 50.7 cm³/mol. The van der Waals surface area contributed by atoms with Gasteiger partial charge in [-0.1, -0.05) is 0 Å². The minimum absolute atomic E-state index is 0.0170. The van der Waals surface area contributed by atoms with E-state index < -0.39 is 16.9 Å². The topological polar surface area (TPSA) is 57.6 Å². The van der Waals surface area contributed by atoms with Gasteiger partial charge < -0.3 is 10.0 Å². The van der Waals surface area contributed by atoms with Crippen LogP contribution in [0.3, 0.4) is 0 Å². The van der Waals surface area contributed by atoms with Crippen molar-refractivity contribution < 1.29 is 14.1 Å². The van der Waals surface area contributed by atoms with Crippen LogP contribution in [0.4, 0.5) is 0 Å². The minimum Gasteiger partial charge on any atom is -0.384 e. The van der Waals surface area contributed by atoms with Gasteiger partial charge in [-0.25, -0.2) is 0 Å². The van der Waals surface area contributed by atoms with E-state index in [0.717, 1.165) is 0 Å². The van der Waals surface area contributed by atoms with Gasteiger partial charge >= 0.3 is 0 Å². The van der Waals surface area contributed by atoms with Gasteiger partial charge in [0.05, 0.1) is 0 Å². The van der Waals surface area contributed by atoms with Gasteiger partial charge in [-0.3, -0.25) is 9.00 Å². The third kappa shape index (κ3) is 2.51. The molecular formula is C8H15NO3S. The Labute approximate surface area is 80.4 Å². The van der Waals surface area contributed by atoms with Gasteiger partial charge in [-0.05, 0) is 13.8 Å². The number of hydrogen-bond donors (Lipinski definition) is 1. The third-order valence-corrected chi connectivity index (χ3v) is 3.65. The predicted octanol–water partition coefficient (Wildman–Crippen LogP) is -0.653. The smallest absolute Gasteiger partial charge is 0.251 e. The zero-order valence-electron chi connectivity index (χ0n) is 7.90. The number of hydrogen-bond acceptors (Lipinski definition) is 3. The molecule has 0 aromatic carbocycles. The van der Waals surface area contributed by atoms with E-state index in [-0.39, 0.29) is 11.9 Å². The average Bonchev–Trinajstić information content (AvgIpc) is 2.03. The molecule has 76 valence electrons. The van der Waals surface area contributed by atoms with Gasteiger partial charge in [-0.2, -0.15) is 0 Å². The molecule has 1 heterocycles. The van der Waals surface area contributed by atoms with Crippen molar-refractivity contribution in [1.29, 1.82) is 0 Å². The van der Waals surface area contributed by atoms with Crippen LogP contribution in [0.15, 0.2) is 0 Å². The molecule has 0 bridgehead atoms. The highest BCUT2D eigenvalue weighted by atomic mass is 32.2. The van der Waals surface area contributed by atoms with Crippen molar-refractivity contribution in [2.45, 2.75) is 26.0 Å². The lowest BCUT2D eigenvalue weighted by molar-refractivity contribution is -0.140. The summed E-state index contributed by atoms with van der Waals surface area (Å²) in [7, 11) is -0.796. The summed E-state index contributed by atoms with van der Waals surface area (Å²) in [5.41, 5.74) is 0. The van der Waals surface area contributed by atoms with E-state index in [1.165, 1.54) is 6.92 Å². The highest BCUT2D eigenvalue weighted by Crippen LogP contribution is 2.09. The Kier molecular flexibility index (Phi) is 3.44. The molecule has 1 N–H and O–H groups in total. The lowest BCUT2D eigenvalue weighted by atomic mass is 10.2. The van der Waals surface area contributed by atoms with E-state index >= 15 is 0 Å². The molecule has 3 atom stereocenters. The van der Waals surface area contributed by atoms with Gasteiger partial charge in [0.25, 0.3) is 5.91 Å². The van der Waals surface area contributed by atoms with Crippen molar-refractivity contribution in [2.75, 3.05) is 18.1 Å². The summed E-state index contributed by atoms with van der Waals surface area (Å²) in [5, 5.41) is 9.09. The third-order valence-electron chi connectivity index (χ3n) is 2.16. The van der Waals surface area contributed by atoms with Crippen LogP contribution >= 0.6 is 0 Å². The largest absolute Gasteiger partial charge is 0.384 e. The Morgan fingerprint density at radius 2 is 2.31 bits per heavy atom. The number of aliphatic hydroxyl groups excluding tert-OH is 1. The molecule has 0 spiro atoms. The number of amides is 1. The first-order chi connectivity index (χ1) is 6.02. The lowest BCUT2D eigenvalue weighted by Gasteiger charge is -2.33. The summed E-state index contributed by atoms with van der Waals surface area (Å²) in [6.45, 7) is 3.81. The summed E-state index contributed by atoms with van der Waals surface area (Å²) < 4.78 is 11.1. The first-order valence-corrected chi connectivity index (χ1v) is 5.84. The second kappa shape index (κ2) is 4.19. The summed E-state index contributed by atoms with van der Waals surface area (Å²) in [6.07, 6.45) is -0.950. The minimum atomic E-state index is -0.950. The van der Waals surface area contributed by atoms with Crippen LogP contribution in [0.5, 0.6) is 0 Å². The van der Waals surface area contributed by atoms with Crippen LogP contribution in [-0.2, 0) is 15.6 Å². The lowest BCUT2D eigenvalue weighted by Crippen LogP contribution is -2.51. The van der Waals surface area contributed by atoms with Crippen LogP contribution in [0.25, 0.3) is 0 Å². The first-order valence-electron chi connectivity index (χ1n) is 4.36. The highest BCUT2D eigenvalue weighted by Gasteiger charge is 2.28. The Hall–Kier alpha value is -0.420. The van der Waals surface area contributed by atoms with E-state index in [2.05, 4.69) is 0 Å². The normalized spacial score (nSPS) is 31.5. The van der Waals surface area contributed by atoms with Crippen LogP contribution in [0.1, 0.15) is 13.8 Å². The van der Waals surface area contributed by atoms with Crippen molar-refractivity contribution in [3.05, 3.63) is 0 Å². The number of carbonyl (C=O) groups is 1. The van der Waals surface area contributed by atoms with Crippen LogP contribution in [0, 0.1) is 0 Å². The Bertz CT molecular complexity index is 229. The summed E-state index contributed by atoms with van der Waals surface area (Å²) in [4.78, 5) is 13.0. The number of rotatable bonds is 1. The zero-order valence-corrected chi connectivity index (χ0v) is 8.71. The molecule has 5 heteroatoms. The molecular weight excluding hydrogens is 190 g/mol. The molecule has 1 amide bonds. The van der Waals surface area contributed by atoms with E-state index in [1.807, 2.05) is 6.92 Å². The molecule has 0 aromatic rings. The molecule has 0 aliphatic carbocycles. The van der Waals surface area contributed by atoms with Crippen LogP contribution < -0.4 is 0 Å². The van der Waals surface area contributed by atoms with E-state index in [4.69, 9.17) is 5.11 Å². The van der Waals surface area contributed by atoms with Crippen LogP contribution in [0.2, 0.25) is 0 Å². The molecule has 0 aromatic heterocycles. The molecule has 1 aliphatic heterocycles. The van der Waals surface area contributed by atoms with Gasteiger partial charge in [-0.15, -0.1) is 0 Å². The molecule has 2 unspecified atom stereocenters. The molecule has 0 saturated carbocycles. The fourth-order valence-corrected chi connectivity index (χ4v) is 2.72. The van der Waals surface area contributed by atoms with Gasteiger partial charge in [0, 0.05) is 34.9 Å².